The lowest BCUT2D eigenvalue weighted by Gasteiger charge is -2.18. The molecule has 3 aromatic carbocycles. The van der Waals surface area contributed by atoms with Gasteiger partial charge in [0.25, 0.3) is 0 Å². The fraction of sp³-hybridized carbons (Fsp3) is 0.406. The van der Waals surface area contributed by atoms with Crippen LogP contribution in [0.1, 0.15) is 59.4 Å². The quantitative estimate of drug-likeness (QED) is 0.301. The standard InChI is InChI=1S/C32H36O7/c1-19-13-25(37-12-9-23(34)17-33)14-20(2)31(19)26-6-4-5-22(21(26)3)18-38-24-7-8-27-28(16-30(35)36)32(10-11-32)39-29(27)15-24/h4-8,13-15,23,28,33-34H,9-12,16-18H2,1-3H3,(H,35,36)/t23-,28?/m1/s1. The Morgan fingerprint density at radius 1 is 1.05 bits per heavy atom. The number of ether oxygens (including phenoxy) is 3. The van der Waals surface area contributed by atoms with Crippen molar-refractivity contribution >= 4 is 5.97 Å². The maximum absolute atomic E-state index is 11.4. The maximum atomic E-state index is 11.4. The fourth-order valence-electron chi connectivity index (χ4n) is 5.71. The number of carbonyl (C=O) groups is 1. The van der Waals surface area contributed by atoms with Gasteiger partial charge in [0.1, 0.15) is 29.5 Å². The Morgan fingerprint density at radius 3 is 2.46 bits per heavy atom. The van der Waals surface area contributed by atoms with Crippen molar-refractivity contribution in [1.82, 2.24) is 0 Å². The molecule has 2 aliphatic rings. The summed E-state index contributed by atoms with van der Waals surface area (Å²) in [6, 6.07) is 16.0. The van der Waals surface area contributed by atoms with E-state index in [1.54, 1.807) is 0 Å². The number of carboxylic acids is 1. The van der Waals surface area contributed by atoms with Crippen LogP contribution in [0, 0.1) is 20.8 Å². The van der Waals surface area contributed by atoms with Crippen molar-refractivity contribution in [3.8, 4) is 28.4 Å². The number of rotatable bonds is 11. The molecule has 0 radical (unpaired) electrons. The van der Waals surface area contributed by atoms with Gasteiger partial charge in [-0.15, -0.1) is 0 Å². The molecular weight excluding hydrogens is 496 g/mol. The zero-order chi connectivity index (χ0) is 27.7. The Labute approximate surface area is 229 Å². The van der Waals surface area contributed by atoms with Crippen LogP contribution in [0.4, 0.5) is 0 Å². The SMILES string of the molecule is Cc1cc(OCC[C@@H](O)CO)cc(C)c1-c1cccc(COc2ccc3c(c2)OC2(CC2)C3CC(=O)O)c1C. The summed E-state index contributed by atoms with van der Waals surface area (Å²) in [5.41, 5.74) is 7.31. The van der Waals surface area contributed by atoms with Gasteiger partial charge in [-0.2, -0.15) is 0 Å². The van der Waals surface area contributed by atoms with E-state index in [1.807, 2.05) is 36.4 Å². The number of aliphatic hydroxyl groups is 2. The first-order valence-corrected chi connectivity index (χ1v) is 13.5. The van der Waals surface area contributed by atoms with E-state index < -0.39 is 12.1 Å². The molecule has 7 nitrogen and oxygen atoms in total. The first-order chi connectivity index (χ1) is 18.7. The van der Waals surface area contributed by atoms with Crippen LogP contribution < -0.4 is 14.2 Å². The van der Waals surface area contributed by atoms with E-state index in [1.165, 1.54) is 0 Å². The van der Waals surface area contributed by atoms with Crippen molar-refractivity contribution in [2.75, 3.05) is 13.2 Å². The van der Waals surface area contributed by atoms with Crippen molar-refractivity contribution < 1.29 is 34.3 Å². The summed E-state index contributed by atoms with van der Waals surface area (Å²) in [4.78, 5) is 11.4. The monoisotopic (exact) mass is 532 g/mol. The van der Waals surface area contributed by atoms with Gasteiger partial charge in [0.2, 0.25) is 0 Å². The molecule has 1 heterocycles. The number of aliphatic carboxylic acids is 1. The molecule has 1 saturated carbocycles. The molecule has 1 aliphatic heterocycles. The van der Waals surface area contributed by atoms with E-state index in [-0.39, 0.29) is 24.5 Å². The summed E-state index contributed by atoms with van der Waals surface area (Å²) < 4.78 is 18.2. The number of fused-ring (bicyclic) bond motifs is 1. The highest BCUT2D eigenvalue weighted by Gasteiger charge is 2.57. The molecule has 0 saturated heterocycles. The van der Waals surface area contributed by atoms with Crippen molar-refractivity contribution in [1.29, 1.82) is 0 Å². The molecule has 0 bridgehead atoms. The van der Waals surface area contributed by atoms with Crippen molar-refractivity contribution in [3.63, 3.8) is 0 Å². The molecule has 1 unspecified atom stereocenters. The fourth-order valence-corrected chi connectivity index (χ4v) is 5.71. The van der Waals surface area contributed by atoms with Gasteiger partial charge in [0, 0.05) is 24.0 Å². The van der Waals surface area contributed by atoms with Crippen molar-refractivity contribution in [2.24, 2.45) is 0 Å². The second-order valence-corrected chi connectivity index (χ2v) is 10.8. The molecule has 1 spiro atoms. The summed E-state index contributed by atoms with van der Waals surface area (Å²) in [5, 5.41) is 27.9. The zero-order valence-corrected chi connectivity index (χ0v) is 22.7. The van der Waals surface area contributed by atoms with Gasteiger partial charge < -0.3 is 29.5 Å². The maximum Gasteiger partial charge on any atom is 0.304 e. The van der Waals surface area contributed by atoms with Gasteiger partial charge in [-0.25, -0.2) is 0 Å². The minimum atomic E-state index is -0.802. The number of benzene rings is 3. The van der Waals surface area contributed by atoms with Crippen LogP contribution in [-0.4, -0.2) is 46.2 Å². The van der Waals surface area contributed by atoms with Crippen molar-refractivity contribution in [2.45, 2.75) is 70.7 Å². The van der Waals surface area contributed by atoms with E-state index >= 15 is 0 Å². The van der Waals surface area contributed by atoms with Gasteiger partial charge in [-0.3, -0.25) is 4.79 Å². The third-order valence-corrected chi connectivity index (χ3v) is 7.98. The molecule has 3 aromatic rings. The third-order valence-electron chi connectivity index (χ3n) is 7.98. The molecule has 1 aliphatic carbocycles. The van der Waals surface area contributed by atoms with Crippen LogP contribution in [-0.2, 0) is 11.4 Å². The number of carboxylic acid groups (broad SMARTS) is 1. The smallest absolute Gasteiger partial charge is 0.304 e. The van der Waals surface area contributed by atoms with Crippen LogP contribution in [0.25, 0.3) is 11.1 Å². The molecule has 0 amide bonds. The van der Waals surface area contributed by atoms with Gasteiger partial charge in [-0.1, -0.05) is 24.3 Å². The van der Waals surface area contributed by atoms with E-state index in [9.17, 15) is 15.0 Å². The highest BCUT2D eigenvalue weighted by Crippen LogP contribution is 2.59. The van der Waals surface area contributed by atoms with Crippen LogP contribution >= 0.6 is 0 Å². The Morgan fingerprint density at radius 2 is 1.79 bits per heavy atom. The highest BCUT2D eigenvalue weighted by molar-refractivity contribution is 5.75. The molecule has 5 rings (SSSR count). The summed E-state index contributed by atoms with van der Waals surface area (Å²) >= 11 is 0. The van der Waals surface area contributed by atoms with E-state index in [2.05, 4.69) is 32.9 Å². The molecule has 0 aromatic heterocycles. The predicted molar refractivity (Wildman–Crippen MR) is 148 cm³/mol. The van der Waals surface area contributed by atoms with E-state index in [0.29, 0.717) is 25.4 Å². The number of aryl methyl sites for hydroxylation is 2. The first kappa shape index (κ1) is 27.0. The minimum Gasteiger partial charge on any atom is -0.493 e. The largest absolute Gasteiger partial charge is 0.493 e. The van der Waals surface area contributed by atoms with E-state index in [0.717, 1.165) is 63.3 Å². The van der Waals surface area contributed by atoms with Crippen molar-refractivity contribution in [3.05, 3.63) is 76.3 Å². The average molecular weight is 533 g/mol. The summed E-state index contributed by atoms with van der Waals surface area (Å²) in [6.45, 7) is 6.69. The second-order valence-electron chi connectivity index (χ2n) is 10.8. The second kappa shape index (κ2) is 10.9. The highest BCUT2D eigenvalue weighted by atomic mass is 16.5. The molecule has 206 valence electrons. The Balaban J connectivity index is 1.30. The molecule has 39 heavy (non-hydrogen) atoms. The van der Waals surface area contributed by atoms with Crippen LogP contribution in [0.2, 0.25) is 0 Å². The first-order valence-electron chi connectivity index (χ1n) is 13.5. The summed E-state index contributed by atoms with van der Waals surface area (Å²) in [6.07, 6.45) is 1.46. The lowest BCUT2D eigenvalue weighted by Crippen LogP contribution is -2.22. The normalized spacial score (nSPS) is 17.4. The van der Waals surface area contributed by atoms with Crippen LogP contribution in [0.15, 0.2) is 48.5 Å². The predicted octanol–water partition coefficient (Wildman–Crippen LogP) is 5.46. The molecular formula is C32H36O7. The average Bonchev–Trinajstić information content (AvgIpc) is 3.61. The van der Waals surface area contributed by atoms with Crippen LogP contribution in [0.3, 0.4) is 0 Å². The summed E-state index contributed by atoms with van der Waals surface area (Å²) in [7, 11) is 0. The molecule has 3 N–H and O–H groups in total. The van der Waals surface area contributed by atoms with Gasteiger partial charge in [0.15, 0.2) is 0 Å². The van der Waals surface area contributed by atoms with Crippen LogP contribution in [0.5, 0.6) is 17.2 Å². The molecule has 2 atom stereocenters. The number of hydrogen-bond donors (Lipinski definition) is 3. The Kier molecular flexibility index (Phi) is 7.56. The Hall–Kier alpha value is -3.55. The van der Waals surface area contributed by atoms with Gasteiger partial charge in [0.05, 0.1) is 25.7 Å². The zero-order valence-electron chi connectivity index (χ0n) is 22.7. The minimum absolute atomic E-state index is 0.0813. The topological polar surface area (TPSA) is 105 Å². The Bertz CT molecular complexity index is 1350. The van der Waals surface area contributed by atoms with Gasteiger partial charge >= 0.3 is 5.97 Å². The lowest BCUT2D eigenvalue weighted by molar-refractivity contribution is -0.138. The third kappa shape index (κ3) is 5.60. The molecule has 1 fully saturated rings. The number of hydrogen-bond acceptors (Lipinski definition) is 6. The molecule has 7 heteroatoms. The van der Waals surface area contributed by atoms with E-state index in [4.69, 9.17) is 19.3 Å². The summed E-state index contributed by atoms with van der Waals surface area (Å²) in [5.74, 6) is 1.28. The number of aliphatic hydroxyl groups excluding tert-OH is 2. The van der Waals surface area contributed by atoms with Gasteiger partial charge in [-0.05, 0) is 85.2 Å². The lowest BCUT2D eigenvalue weighted by atomic mass is 9.90.